The van der Waals surface area contributed by atoms with E-state index in [2.05, 4.69) is 25.3 Å². The number of alkyl halides is 2. The summed E-state index contributed by atoms with van der Waals surface area (Å²) in [5.41, 5.74) is 4.64. The number of nitrogens with zero attached hydrogens (tertiary/aromatic N) is 7. The van der Waals surface area contributed by atoms with Crippen molar-refractivity contribution >= 4 is 52.4 Å². The molecular weight excluding hydrogens is 740 g/mol. The highest BCUT2D eigenvalue weighted by molar-refractivity contribution is 6.23. The predicted octanol–water partition coefficient (Wildman–Crippen LogP) is 4.76. The fourth-order valence-corrected chi connectivity index (χ4v) is 8.64. The smallest absolute Gasteiger partial charge is 0.264 e. The maximum Gasteiger partial charge on any atom is 0.264 e. The van der Waals surface area contributed by atoms with Gasteiger partial charge in [0.25, 0.3) is 18.2 Å². The molecule has 5 aliphatic rings. The molecule has 294 valence electrons. The van der Waals surface area contributed by atoms with E-state index in [9.17, 15) is 32.8 Å². The number of carbonyl (C=O) groups excluding carboxylic acids is 5. The van der Waals surface area contributed by atoms with Crippen molar-refractivity contribution in [3.05, 3.63) is 76.2 Å². The summed E-state index contributed by atoms with van der Waals surface area (Å²) in [5, 5.41) is 10.4. The minimum absolute atomic E-state index is 0.0163. The van der Waals surface area contributed by atoms with E-state index in [-0.39, 0.29) is 52.9 Å². The fourth-order valence-electron chi connectivity index (χ4n) is 8.64. The van der Waals surface area contributed by atoms with E-state index in [0.29, 0.717) is 68.6 Å². The lowest BCUT2D eigenvalue weighted by atomic mass is 9.94. The van der Waals surface area contributed by atoms with Crippen LogP contribution < -0.4 is 15.5 Å². The molecule has 9 rings (SSSR count). The molecule has 5 aliphatic heterocycles. The second-order valence-electron chi connectivity index (χ2n) is 15.0. The Morgan fingerprint density at radius 2 is 1.68 bits per heavy atom. The van der Waals surface area contributed by atoms with E-state index in [1.165, 1.54) is 30.6 Å². The molecular formula is C40H39F2N9O6. The molecule has 1 unspecified atom stereocenters. The number of amides is 5. The third-order valence-electron chi connectivity index (χ3n) is 11.5. The van der Waals surface area contributed by atoms with Crippen LogP contribution in [0.5, 0.6) is 0 Å². The second-order valence-corrected chi connectivity index (χ2v) is 15.0. The lowest BCUT2D eigenvalue weighted by Crippen LogP contribution is -2.54. The number of benzene rings is 2. The highest BCUT2D eigenvalue weighted by Crippen LogP contribution is 2.43. The highest BCUT2D eigenvalue weighted by atomic mass is 19.3. The molecule has 17 heteroatoms. The number of anilines is 4. The number of piperidine rings is 1. The molecule has 2 fully saturated rings. The van der Waals surface area contributed by atoms with Crippen molar-refractivity contribution < 1.29 is 37.5 Å². The van der Waals surface area contributed by atoms with Crippen molar-refractivity contribution in [1.29, 1.82) is 0 Å². The minimum Gasteiger partial charge on any atom is -0.381 e. The molecule has 2 aromatic heterocycles. The van der Waals surface area contributed by atoms with Gasteiger partial charge in [0.2, 0.25) is 17.7 Å². The largest absolute Gasteiger partial charge is 0.381 e. The summed E-state index contributed by atoms with van der Waals surface area (Å²) in [7, 11) is 0. The van der Waals surface area contributed by atoms with Crippen molar-refractivity contribution in [1.82, 2.24) is 34.9 Å². The SMILES string of the molecule is CC(=O)N1CCc2c(c(N3CCCc4cc(-c5ncc(Nc6ccc7c(c6)C(=O)N(C6CCC(=O)NC6=O)C7=O)cn5)c(C(F)F)cc43)nn2C2CCOCC2)C1. The molecule has 2 saturated heterocycles. The van der Waals surface area contributed by atoms with Gasteiger partial charge in [-0.15, -0.1) is 0 Å². The highest BCUT2D eigenvalue weighted by Gasteiger charge is 2.45. The molecule has 0 saturated carbocycles. The molecule has 2 N–H and O–H groups in total. The number of rotatable bonds is 7. The first kappa shape index (κ1) is 36.5. The first-order chi connectivity index (χ1) is 27.5. The van der Waals surface area contributed by atoms with E-state index in [4.69, 9.17) is 9.84 Å². The van der Waals surface area contributed by atoms with Gasteiger partial charge < -0.3 is 19.9 Å². The fraction of sp³-hybridized carbons (Fsp3) is 0.400. The number of aryl methyl sites for hydroxylation is 1. The zero-order chi connectivity index (χ0) is 39.5. The molecule has 0 spiro atoms. The monoisotopic (exact) mass is 779 g/mol. The van der Waals surface area contributed by atoms with Crippen LogP contribution in [0, 0.1) is 0 Å². The number of carbonyl (C=O) groups is 5. The molecule has 2 aromatic carbocycles. The van der Waals surface area contributed by atoms with Gasteiger partial charge in [-0.25, -0.2) is 18.7 Å². The predicted molar refractivity (Wildman–Crippen MR) is 200 cm³/mol. The van der Waals surface area contributed by atoms with Crippen molar-refractivity contribution in [2.45, 2.75) is 76.9 Å². The van der Waals surface area contributed by atoms with Gasteiger partial charge in [0.05, 0.1) is 41.8 Å². The van der Waals surface area contributed by atoms with Crippen LogP contribution in [0.25, 0.3) is 11.4 Å². The molecule has 0 radical (unpaired) electrons. The molecule has 5 amide bonds. The number of hydrogen-bond acceptors (Lipinski definition) is 11. The lowest BCUT2D eigenvalue weighted by Gasteiger charge is -2.33. The molecule has 0 bridgehead atoms. The number of aromatic nitrogens is 4. The van der Waals surface area contributed by atoms with E-state index in [1.807, 2.05) is 4.90 Å². The Bertz CT molecular complexity index is 2340. The maximum absolute atomic E-state index is 14.9. The van der Waals surface area contributed by atoms with Gasteiger partial charge in [-0.2, -0.15) is 5.10 Å². The van der Waals surface area contributed by atoms with Gasteiger partial charge in [-0.05, 0) is 68.0 Å². The van der Waals surface area contributed by atoms with E-state index < -0.39 is 36.1 Å². The maximum atomic E-state index is 14.9. The van der Waals surface area contributed by atoms with Gasteiger partial charge >= 0.3 is 0 Å². The number of halogens is 2. The normalized spacial score (nSPS) is 19.8. The minimum atomic E-state index is -2.83. The van der Waals surface area contributed by atoms with Gasteiger partial charge in [0.15, 0.2) is 11.6 Å². The van der Waals surface area contributed by atoms with Crippen LogP contribution in [-0.2, 0) is 38.5 Å². The van der Waals surface area contributed by atoms with Gasteiger partial charge in [-0.3, -0.25) is 38.9 Å². The standard InChI is InChI=1S/C40H39F2N9O6/c1-21(52)48-12-8-31-30(20-48)37(47-51(31)25-9-13-57-14-10-25)49-11-2-3-22-15-28(27(35(41)42)17-33(22)49)36-43-18-24(19-44-36)45-23-4-5-26-29(16-23)40(56)50(39(26)55)32-6-7-34(53)46-38(32)54/h4-5,15-19,25,32,35,45H,2-3,6-14,20H2,1H3,(H,46,53,54). The van der Waals surface area contributed by atoms with Crippen LogP contribution in [-0.4, -0.2) is 91.4 Å². The number of fused-ring (bicyclic) bond motifs is 3. The summed E-state index contributed by atoms with van der Waals surface area (Å²) < 4.78 is 37.6. The zero-order valence-corrected chi connectivity index (χ0v) is 31.1. The van der Waals surface area contributed by atoms with Gasteiger partial charge in [0, 0.05) is 79.8 Å². The van der Waals surface area contributed by atoms with Crippen LogP contribution >= 0.6 is 0 Å². The Morgan fingerprint density at radius 1 is 0.912 bits per heavy atom. The quantitative estimate of drug-likeness (QED) is 0.248. The van der Waals surface area contributed by atoms with Crippen molar-refractivity contribution in [2.75, 3.05) is 36.5 Å². The van der Waals surface area contributed by atoms with Crippen LogP contribution in [0.4, 0.5) is 31.7 Å². The van der Waals surface area contributed by atoms with Gasteiger partial charge in [-0.1, -0.05) is 0 Å². The Morgan fingerprint density at radius 3 is 2.42 bits per heavy atom. The summed E-state index contributed by atoms with van der Waals surface area (Å²) >= 11 is 0. The number of nitrogens with one attached hydrogen (secondary N) is 2. The van der Waals surface area contributed by atoms with Gasteiger partial charge in [0.1, 0.15) is 6.04 Å². The third-order valence-corrected chi connectivity index (χ3v) is 11.5. The second kappa shape index (κ2) is 14.4. The van der Waals surface area contributed by atoms with E-state index in [1.54, 1.807) is 24.0 Å². The van der Waals surface area contributed by atoms with E-state index >= 15 is 0 Å². The topological polar surface area (TPSA) is 172 Å². The Hall–Kier alpha value is -6.10. The zero-order valence-electron chi connectivity index (χ0n) is 31.1. The molecule has 0 aliphatic carbocycles. The molecule has 57 heavy (non-hydrogen) atoms. The first-order valence-electron chi connectivity index (χ1n) is 19.2. The van der Waals surface area contributed by atoms with Crippen LogP contribution in [0.2, 0.25) is 0 Å². The molecule has 4 aromatic rings. The average molecular weight is 780 g/mol. The van der Waals surface area contributed by atoms with E-state index in [0.717, 1.165) is 41.0 Å². The molecule has 7 heterocycles. The third kappa shape index (κ3) is 6.48. The molecule has 15 nitrogen and oxygen atoms in total. The average Bonchev–Trinajstić information content (AvgIpc) is 3.71. The Labute approximate surface area is 325 Å². The first-order valence-corrected chi connectivity index (χ1v) is 19.2. The summed E-state index contributed by atoms with van der Waals surface area (Å²) in [6.07, 6.45) is 3.88. The van der Waals surface area contributed by atoms with Crippen LogP contribution in [0.15, 0.2) is 42.7 Å². The Balaban J connectivity index is 0.986. The number of ether oxygens (including phenoxy) is 1. The van der Waals surface area contributed by atoms with Crippen LogP contribution in [0.1, 0.15) is 94.6 Å². The van der Waals surface area contributed by atoms with Crippen molar-refractivity contribution in [3.8, 4) is 11.4 Å². The van der Waals surface area contributed by atoms with Crippen LogP contribution in [0.3, 0.4) is 0 Å². The summed E-state index contributed by atoms with van der Waals surface area (Å²) in [6, 6.07) is 6.91. The van der Waals surface area contributed by atoms with Crippen molar-refractivity contribution in [2.24, 2.45) is 0 Å². The number of imide groups is 2. The summed E-state index contributed by atoms with van der Waals surface area (Å²) in [6.45, 7) is 4.43. The lowest BCUT2D eigenvalue weighted by molar-refractivity contribution is -0.136. The van der Waals surface area contributed by atoms with Crippen molar-refractivity contribution in [3.63, 3.8) is 0 Å². The molecule has 1 atom stereocenters. The summed E-state index contributed by atoms with van der Waals surface area (Å²) in [4.78, 5) is 76.6. The number of hydrogen-bond donors (Lipinski definition) is 2. The summed E-state index contributed by atoms with van der Waals surface area (Å²) in [5.74, 6) is -1.61. The Kier molecular flexibility index (Phi) is 9.26.